The summed E-state index contributed by atoms with van der Waals surface area (Å²) in [5, 5.41) is 12.0. The third-order valence-electron chi connectivity index (χ3n) is 3.92. The number of aromatic nitrogens is 3. The Morgan fingerprint density at radius 2 is 2.04 bits per heavy atom. The summed E-state index contributed by atoms with van der Waals surface area (Å²) in [7, 11) is 1.59. The van der Waals surface area contributed by atoms with E-state index in [9.17, 15) is 4.79 Å². The van der Waals surface area contributed by atoms with Gasteiger partial charge in [0.25, 0.3) is 0 Å². The van der Waals surface area contributed by atoms with E-state index < -0.39 is 0 Å². The van der Waals surface area contributed by atoms with Crippen molar-refractivity contribution in [1.29, 1.82) is 0 Å². The minimum Gasteiger partial charge on any atom is -0.497 e. The number of ether oxygens (including phenoxy) is 1. The predicted octanol–water partition coefficient (Wildman–Crippen LogP) is 3.29. The van der Waals surface area contributed by atoms with E-state index in [0.717, 1.165) is 5.56 Å². The number of thioether (sulfide) groups is 1. The van der Waals surface area contributed by atoms with Crippen molar-refractivity contribution in [3.8, 4) is 17.1 Å². The summed E-state index contributed by atoms with van der Waals surface area (Å²) in [4.78, 5) is 12.3. The Kier molecular flexibility index (Phi) is 5.97. The van der Waals surface area contributed by atoms with Crippen molar-refractivity contribution in [1.82, 2.24) is 14.8 Å². The van der Waals surface area contributed by atoms with E-state index in [0.29, 0.717) is 34.6 Å². The van der Waals surface area contributed by atoms with Gasteiger partial charge >= 0.3 is 0 Å². The third-order valence-corrected chi connectivity index (χ3v) is 4.89. The lowest BCUT2D eigenvalue weighted by Gasteiger charge is -2.09. The second-order valence-corrected chi connectivity index (χ2v) is 6.65. The minimum atomic E-state index is -0.125. The van der Waals surface area contributed by atoms with Gasteiger partial charge in [0.2, 0.25) is 5.91 Å². The molecule has 1 heterocycles. The molecule has 27 heavy (non-hydrogen) atoms. The van der Waals surface area contributed by atoms with Gasteiger partial charge in [-0.2, -0.15) is 0 Å². The molecule has 0 saturated carbocycles. The van der Waals surface area contributed by atoms with Gasteiger partial charge in [-0.3, -0.25) is 4.79 Å². The lowest BCUT2D eigenvalue weighted by atomic mass is 10.1. The lowest BCUT2D eigenvalue weighted by molar-refractivity contribution is -0.113. The number of amides is 1. The van der Waals surface area contributed by atoms with Gasteiger partial charge in [0.05, 0.1) is 12.9 Å². The molecular formula is C19H21N5O2S. The van der Waals surface area contributed by atoms with Gasteiger partial charge in [-0.1, -0.05) is 30.0 Å². The highest BCUT2D eigenvalue weighted by Gasteiger charge is 2.16. The van der Waals surface area contributed by atoms with E-state index in [1.54, 1.807) is 13.2 Å². The first-order chi connectivity index (χ1) is 13.1. The van der Waals surface area contributed by atoms with Crippen LogP contribution in [0, 0.1) is 0 Å². The molecule has 0 saturated heterocycles. The Hall–Kier alpha value is -3.00. The maximum atomic E-state index is 12.3. The second-order valence-electron chi connectivity index (χ2n) is 5.71. The highest BCUT2D eigenvalue weighted by molar-refractivity contribution is 7.99. The molecule has 3 N–H and O–H groups in total. The maximum absolute atomic E-state index is 12.3. The number of nitrogens with one attached hydrogen (secondary N) is 1. The third kappa shape index (κ3) is 4.40. The number of methoxy groups -OCH3 is 1. The van der Waals surface area contributed by atoms with Crippen molar-refractivity contribution in [3.05, 3.63) is 48.5 Å². The Labute approximate surface area is 161 Å². The smallest absolute Gasteiger partial charge is 0.234 e. The van der Waals surface area contributed by atoms with Crippen LogP contribution in [0.25, 0.3) is 11.4 Å². The average Bonchev–Trinajstić information content (AvgIpc) is 3.09. The number of nitrogens with zero attached hydrogens (tertiary/aromatic N) is 3. The fourth-order valence-corrected chi connectivity index (χ4v) is 3.41. The van der Waals surface area contributed by atoms with Crippen LogP contribution in [0.15, 0.2) is 53.7 Å². The summed E-state index contributed by atoms with van der Waals surface area (Å²) < 4.78 is 7.12. The quantitative estimate of drug-likeness (QED) is 0.480. The van der Waals surface area contributed by atoms with Crippen LogP contribution in [0.3, 0.4) is 0 Å². The zero-order chi connectivity index (χ0) is 19.2. The Bertz CT molecular complexity index is 941. The molecule has 0 aliphatic carbocycles. The van der Waals surface area contributed by atoms with Crippen LogP contribution >= 0.6 is 11.8 Å². The molecule has 3 rings (SSSR count). The van der Waals surface area contributed by atoms with Crippen molar-refractivity contribution in [2.75, 3.05) is 23.9 Å². The first-order valence-corrected chi connectivity index (χ1v) is 9.45. The standard InChI is InChI=1S/C19H21N5O2S/c1-3-24-18(15-9-4-5-10-16(15)20)22-23-19(24)27-12-17(25)21-13-7-6-8-14(11-13)26-2/h4-11H,3,12,20H2,1-2H3,(H,21,25). The molecular weight excluding hydrogens is 362 g/mol. The van der Waals surface area contributed by atoms with Crippen LogP contribution in [-0.4, -0.2) is 33.5 Å². The molecule has 0 radical (unpaired) electrons. The molecule has 0 unspecified atom stereocenters. The largest absolute Gasteiger partial charge is 0.497 e. The molecule has 0 spiro atoms. The number of hydrogen-bond donors (Lipinski definition) is 2. The molecule has 1 aromatic heterocycles. The van der Waals surface area contributed by atoms with Gasteiger partial charge in [-0.05, 0) is 31.2 Å². The molecule has 0 aliphatic rings. The Balaban J connectivity index is 1.69. The second kappa shape index (κ2) is 8.59. The van der Waals surface area contributed by atoms with Crippen LogP contribution in [-0.2, 0) is 11.3 Å². The van der Waals surface area contributed by atoms with Crippen LogP contribution in [0.1, 0.15) is 6.92 Å². The number of nitrogens with two attached hydrogens (primary N) is 1. The SMILES string of the molecule is CCn1c(SCC(=O)Nc2cccc(OC)c2)nnc1-c1ccccc1N. The highest BCUT2D eigenvalue weighted by atomic mass is 32.2. The first-order valence-electron chi connectivity index (χ1n) is 8.47. The topological polar surface area (TPSA) is 95.1 Å². The van der Waals surface area contributed by atoms with Crippen molar-refractivity contribution in [3.63, 3.8) is 0 Å². The number of rotatable bonds is 7. The summed E-state index contributed by atoms with van der Waals surface area (Å²) in [6.07, 6.45) is 0. The summed E-state index contributed by atoms with van der Waals surface area (Å²) in [5.41, 5.74) is 8.22. The van der Waals surface area contributed by atoms with Gasteiger partial charge in [0, 0.05) is 29.5 Å². The van der Waals surface area contributed by atoms with Gasteiger partial charge in [0.15, 0.2) is 11.0 Å². The van der Waals surface area contributed by atoms with E-state index in [4.69, 9.17) is 10.5 Å². The number of anilines is 2. The fourth-order valence-electron chi connectivity index (χ4n) is 2.61. The van der Waals surface area contributed by atoms with E-state index in [-0.39, 0.29) is 11.7 Å². The Morgan fingerprint density at radius 3 is 2.78 bits per heavy atom. The lowest BCUT2D eigenvalue weighted by Crippen LogP contribution is -2.14. The molecule has 1 amide bonds. The molecule has 3 aromatic rings. The summed E-state index contributed by atoms with van der Waals surface area (Å²) in [6, 6.07) is 14.8. The molecule has 7 nitrogen and oxygen atoms in total. The van der Waals surface area contributed by atoms with Crippen LogP contribution < -0.4 is 15.8 Å². The van der Waals surface area contributed by atoms with E-state index in [1.807, 2.05) is 54.0 Å². The van der Waals surface area contributed by atoms with Gasteiger partial charge in [0.1, 0.15) is 5.75 Å². The number of para-hydroxylation sites is 1. The monoisotopic (exact) mass is 383 g/mol. The number of carbonyl (C=O) groups is 1. The number of carbonyl (C=O) groups excluding carboxylic acids is 1. The van der Waals surface area contributed by atoms with Crippen LogP contribution in [0.5, 0.6) is 5.75 Å². The zero-order valence-electron chi connectivity index (χ0n) is 15.2. The molecule has 0 fully saturated rings. The van der Waals surface area contributed by atoms with Crippen molar-refractivity contribution in [2.24, 2.45) is 0 Å². The first kappa shape index (κ1) is 18.8. The number of hydrogen-bond acceptors (Lipinski definition) is 6. The molecule has 0 atom stereocenters. The summed E-state index contributed by atoms with van der Waals surface area (Å²) in [6.45, 7) is 2.68. The van der Waals surface area contributed by atoms with E-state index in [2.05, 4.69) is 15.5 Å². The number of benzene rings is 2. The van der Waals surface area contributed by atoms with Gasteiger partial charge < -0.3 is 20.4 Å². The minimum absolute atomic E-state index is 0.125. The van der Waals surface area contributed by atoms with E-state index >= 15 is 0 Å². The van der Waals surface area contributed by atoms with Crippen molar-refractivity contribution in [2.45, 2.75) is 18.6 Å². The molecule has 140 valence electrons. The average molecular weight is 383 g/mol. The van der Waals surface area contributed by atoms with Gasteiger partial charge in [-0.15, -0.1) is 10.2 Å². The number of nitrogen functional groups attached to an aromatic ring is 1. The van der Waals surface area contributed by atoms with Crippen molar-refractivity contribution < 1.29 is 9.53 Å². The molecule has 8 heteroatoms. The maximum Gasteiger partial charge on any atom is 0.234 e. The molecule has 2 aromatic carbocycles. The molecule has 0 bridgehead atoms. The summed E-state index contributed by atoms with van der Waals surface area (Å²) in [5.74, 6) is 1.49. The van der Waals surface area contributed by atoms with E-state index in [1.165, 1.54) is 11.8 Å². The fraction of sp³-hybridized carbons (Fsp3) is 0.211. The van der Waals surface area contributed by atoms with Crippen LogP contribution in [0.4, 0.5) is 11.4 Å². The predicted molar refractivity (Wildman–Crippen MR) is 108 cm³/mol. The van der Waals surface area contributed by atoms with Crippen molar-refractivity contribution >= 4 is 29.0 Å². The van der Waals surface area contributed by atoms with Crippen LogP contribution in [0.2, 0.25) is 0 Å². The summed E-state index contributed by atoms with van der Waals surface area (Å²) >= 11 is 1.34. The molecule has 0 aliphatic heterocycles. The van der Waals surface area contributed by atoms with Gasteiger partial charge in [-0.25, -0.2) is 0 Å². The normalized spacial score (nSPS) is 10.6. The zero-order valence-corrected chi connectivity index (χ0v) is 16.0. The highest BCUT2D eigenvalue weighted by Crippen LogP contribution is 2.28. The Morgan fingerprint density at radius 1 is 1.22 bits per heavy atom.